The molecule has 1 fully saturated rings. The van der Waals surface area contributed by atoms with Gasteiger partial charge in [-0.1, -0.05) is 29.8 Å². The van der Waals surface area contributed by atoms with Crippen molar-refractivity contribution in [3.63, 3.8) is 0 Å². The highest BCUT2D eigenvalue weighted by Gasteiger charge is 2.21. The van der Waals surface area contributed by atoms with E-state index in [9.17, 15) is 4.79 Å². The summed E-state index contributed by atoms with van der Waals surface area (Å²) in [6.07, 6.45) is 7.49. The van der Waals surface area contributed by atoms with Gasteiger partial charge in [0, 0.05) is 42.3 Å². The first-order chi connectivity index (χ1) is 15.1. The van der Waals surface area contributed by atoms with Gasteiger partial charge >= 0.3 is 0 Å². The molecule has 3 aromatic rings. The van der Waals surface area contributed by atoms with Gasteiger partial charge in [-0.25, -0.2) is 0 Å². The van der Waals surface area contributed by atoms with Gasteiger partial charge in [-0.3, -0.25) is 14.7 Å². The first-order valence-corrected chi connectivity index (χ1v) is 11.2. The number of benzene rings is 2. The minimum absolute atomic E-state index is 0.000700. The fourth-order valence-corrected chi connectivity index (χ4v) is 4.60. The second-order valence-electron chi connectivity index (χ2n) is 8.19. The molecule has 1 aliphatic rings. The molecule has 1 unspecified atom stereocenters. The molecule has 0 bridgehead atoms. The fraction of sp³-hybridized carbons (Fsp3) is 0.360. The summed E-state index contributed by atoms with van der Waals surface area (Å²) in [5, 5.41) is 5.97. The highest BCUT2D eigenvalue weighted by atomic mass is 35.5. The Hall–Kier alpha value is -2.63. The number of pyridine rings is 1. The van der Waals surface area contributed by atoms with Crippen LogP contribution in [0.2, 0.25) is 5.02 Å². The maximum atomic E-state index is 12.5. The monoisotopic (exact) mass is 437 g/mol. The third-order valence-corrected chi connectivity index (χ3v) is 6.22. The van der Waals surface area contributed by atoms with E-state index in [2.05, 4.69) is 39.5 Å². The molecule has 31 heavy (non-hydrogen) atoms. The van der Waals surface area contributed by atoms with E-state index in [1.807, 2.05) is 12.4 Å². The number of nitrogens with one attached hydrogen (secondary N) is 1. The molecule has 2 heterocycles. The van der Waals surface area contributed by atoms with Crippen LogP contribution >= 0.6 is 11.6 Å². The Balaban J connectivity index is 1.32. The molecule has 0 radical (unpaired) electrons. The van der Waals surface area contributed by atoms with E-state index in [4.69, 9.17) is 16.3 Å². The van der Waals surface area contributed by atoms with E-state index in [-0.39, 0.29) is 5.91 Å². The first kappa shape index (κ1) is 21.6. The van der Waals surface area contributed by atoms with E-state index < -0.39 is 0 Å². The molecule has 4 rings (SSSR count). The van der Waals surface area contributed by atoms with Crippen LogP contribution in [-0.2, 0) is 11.3 Å². The van der Waals surface area contributed by atoms with Crippen molar-refractivity contribution in [1.29, 1.82) is 0 Å². The molecule has 0 saturated carbocycles. The molecule has 1 atom stereocenters. The van der Waals surface area contributed by atoms with Crippen LogP contribution in [-0.4, -0.2) is 36.0 Å². The van der Waals surface area contributed by atoms with Crippen molar-refractivity contribution in [2.24, 2.45) is 5.92 Å². The van der Waals surface area contributed by atoms with Crippen LogP contribution < -0.4 is 10.1 Å². The van der Waals surface area contributed by atoms with Gasteiger partial charge in [-0.05, 0) is 66.9 Å². The molecule has 5 nitrogen and oxygen atoms in total. The zero-order chi connectivity index (χ0) is 21.6. The normalized spacial score (nSPS) is 16.9. The van der Waals surface area contributed by atoms with Gasteiger partial charge in [-0.15, -0.1) is 0 Å². The van der Waals surface area contributed by atoms with Crippen molar-refractivity contribution in [2.75, 3.05) is 25.5 Å². The van der Waals surface area contributed by atoms with Crippen molar-refractivity contribution in [2.45, 2.75) is 32.2 Å². The highest BCUT2D eigenvalue weighted by Crippen LogP contribution is 2.29. The lowest BCUT2D eigenvalue weighted by Gasteiger charge is -2.33. The number of halogens is 1. The number of carbonyl (C=O) groups is 1. The first-order valence-electron chi connectivity index (χ1n) is 10.8. The second kappa shape index (κ2) is 10.1. The maximum Gasteiger partial charge on any atom is 0.224 e. The lowest BCUT2D eigenvalue weighted by atomic mass is 9.92. The SMILES string of the molecule is COc1ccc(Cl)cc1NC(=O)CCC1CCCN(Cc2cccc3cnccc23)C1. The Bertz CT molecular complexity index is 1050. The third kappa shape index (κ3) is 5.54. The van der Waals surface area contributed by atoms with Gasteiger partial charge in [-0.2, -0.15) is 0 Å². The Morgan fingerprint density at radius 2 is 2.19 bits per heavy atom. The number of hydrogen-bond donors (Lipinski definition) is 1. The van der Waals surface area contributed by atoms with E-state index in [1.54, 1.807) is 25.3 Å². The summed E-state index contributed by atoms with van der Waals surface area (Å²) in [5.41, 5.74) is 1.96. The second-order valence-corrected chi connectivity index (χ2v) is 8.63. The number of methoxy groups -OCH3 is 1. The highest BCUT2D eigenvalue weighted by molar-refractivity contribution is 6.31. The summed E-state index contributed by atoms with van der Waals surface area (Å²) in [6, 6.07) is 13.8. The third-order valence-electron chi connectivity index (χ3n) is 5.98. The number of ether oxygens (including phenoxy) is 1. The fourth-order valence-electron chi connectivity index (χ4n) is 4.42. The van der Waals surface area contributed by atoms with Gasteiger partial charge in [0.2, 0.25) is 5.91 Å². The molecule has 6 heteroatoms. The van der Waals surface area contributed by atoms with Crippen LogP contribution in [0, 0.1) is 5.92 Å². The number of hydrogen-bond acceptors (Lipinski definition) is 4. The zero-order valence-corrected chi connectivity index (χ0v) is 18.6. The van der Waals surface area contributed by atoms with Crippen LogP contribution in [0.5, 0.6) is 5.75 Å². The summed E-state index contributed by atoms with van der Waals surface area (Å²) in [6.45, 7) is 3.06. The van der Waals surface area contributed by atoms with Crippen molar-refractivity contribution in [3.05, 3.63) is 65.4 Å². The molecule has 0 spiro atoms. The quantitative estimate of drug-likeness (QED) is 0.528. The van der Waals surface area contributed by atoms with Crippen LogP contribution in [0.3, 0.4) is 0 Å². The summed E-state index contributed by atoms with van der Waals surface area (Å²) in [7, 11) is 1.59. The Morgan fingerprint density at radius 1 is 1.29 bits per heavy atom. The molecule has 1 aromatic heterocycles. The molecule has 1 saturated heterocycles. The Labute approximate surface area is 188 Å². The number of aromatic nitrogens is 1. The minimum atomic E-state index is -0.000700. The Morgan fingerprint density at radius 3 is 3.06 bits per heavy atom. The largest absolute Gasteiger partial charge is 0.495 e. The van der Waals surface area contributed by atoms with E-state index in [0.29, 0.717) is 28.8 Å². The van der Waals surface area contributed by atoms with Crippen LogP contribution in [0.4, 0.5) is 5.69 Å². The van der Waals surface area contributed by atoms with Crippen LogP contribution in [0.15, 0.2) is 54.9 Å². The number of rotatable bonds is 7. The van der Waals surface area contributed by atoms with Gasteiger partial charge in [0.05, 0.1) is 12.8 Å². The Kier molecular flexibility index (Phi) is 7.05. The molecular formula is C25H28ClN3O2. The average molecular weight is 438 g/mol. The van der Waals surface area contributed by atoms with Crippen molar-refractivity contribution < 1.29 is 9.53 Å². The summed E-state index contributed by atoms with van der Waals surface area (Å²) in [5.74, 6) is 1.14. The van der Waals surface area contributed by atoms with Crippen molar-refractivity contribution in [1.82, 2.24) is 9.88 Å². The molecule has 0 aliphatic carbocycles. The zero-order valence-electron chi connectivity index (χ0n) is 17.8. The smallest absolute Gasteiger partial charge is 0.224 e. The number of anilines is 1. The molecule has 2 aromatic carbocycles. The predicted molar refractivity (Wildman–Crippen MR) is 126 cm³/mol. The van der Waals surface area contributed by atoms with Crippen LogP contribution in [0.1, 0.15) is 31.2 Å². The van der Waals surface area contributed by atoms with Gasteiger partial charge in [0.25, 0.3) is 0 Å². The molecule has 1 N–H and O–H groups in total. The van der Waals surface area contributed by atoms with E-state index >= 15 is 0 Å². The standard InChI is InChI=1S/C25H28ClN3O2/c1-31-24-9-8-21(26)14-23(24)28-25(30)10-7-18-4-3-13-29(16-18)17-20-6-2-5-19-15-27-12-11-22(19)20/h2,5-6,8-9,11-12,14-15,18H,3-4,7,10,13,16-17H2,1H3,(H,28,30). The maximum absolute atomic E-state index is 12.5. The van der Waals surface area contributed by atoms with E-state index in [0.717, 1.165) is 26.1 Å². The number of piperidine rings is 1. The molecule has 1 amide bonds. The number of likely N-dealkylation sites (tertiary alicyclic amines) is 1. The van der Waals surface area contributed by atoms with Crippen LogP contribution in [0.25, 0.3) is 10.8 Å². The number of carbonyl (C=O) groups excluding carboxylic acids is 1. The molecule has 162 valence electrons. The number of nitrogens with zero attached hydrogens (tertiary/aromatic N) is 2. The predicted octanol–water partition coefficient (Wildman–Crippen LogP) is 5.53. The van der Waals surface area contributed by atoms with Gasteiger partial charge in [0.1, 0.15) is 5.75 Å². The molecular weight excluding hydrogens is 410 g/mol. The molecule has 1 aliphatic heterocycles. The van der Waals surface area contributed by atoms with Crippen molar-refractivity contribution >= 4 is 34.0 Å². The summed E-state index contributed by atoms with van der Waals surface area (Å²) in [4.78, 5) is 19.3. The summed E-state index contributed by atoms with van der Waals surface area (Å²) < 4.78 is 5.31. The average Bonchev–Trinajstić information content (AvgIpc) is 2.78. The number of amides is 1. The lowest BCUT2D eigenvalue weighted by molar-refractivity contribution is -0.116. The van der Waals surface area contributed by atoms with Crippen molar-refractivity contribution in [3.8, 4) is 5.75 Å². The van der Waals surface area contributed by atoms with Gasteiger partial charge < -0.3 is 10.1 Å². The lowest BCUT2D eigenvalue weighted by Crippen LogP contribution is -2.35. The summed E-state index contributed by atoms with van der Waals surface area (Å²) >= 11 is 6.06. The van der Waals surface area contributed by atoms with Gasteiger partial charge in [0.15, 0.2) is 0 Å². The van der Waals surface area contributed by atoms with E-state index in [1.165, 1.54) is 29.2 Å². The number of fused-ring (bicyclic) bond motifs is 1. The topological polar surface area (TPSA) is 54.5 Å². The minimum Gasteiger partial charge on any atom is -0.495 e.